The van der Waals surface area contributed by atoms with Crippen LogP contribution >= 0.6 is 11.6 Å². The maximum absolute atomic E-state index is 13.6. The Kier molecular flexibility index (Phi) is 6.25. The zero-order chi connectivity index (χ0) is 24.7. The van der Waals surface area contributed by atoms with Crippen molar-refractivity contribution in [1.29, 1.82) is 0 Å². The number of ether oxygens (including phenoxy) is 1. The standard InChI is InChI=1S/C25H22ClF2N3O3S/c1-15(30-35(32,33)21-10-11-21)25(16-2-4-18(27)5-3-16)34-24-12-17-14-29-31(23(17)13-22(24)26)20-8-6-19(28)7-9-20/h2-9,12-15,21,25,30H,10-11H2,1H3. The van der Waals surface area contributed by atoms with E-state index < -0.39 is 33.2 Å². The van der Waals surface area contributed by atoms with Gasteiger partial charge in [-0.05, 0) is 73.9 Å². The summed E-state index contributed by atoms with van der Waals surface area (Å²) in [6.07, 6.45) is 2.12. The van der Waals surface area contributed by atoms with Crippen molar-refractivity contribution in [1.82, 2.24) is 14.5 Å². The van der Waals surface area contributed by atoms with Gasteiger partial charge in [-0.15, -0.1) is 0 Å². The van der Waals surface area contributed by atoms with E-state index in [9.17, 15) is 17.2 Å². The van der Waals surface area contributed by atoms with Crippen LogP contribution in [-0.2, 0) is 10.0 Å². The quantitative estimate of drug-likeness (QED) is 0.333. The van der Waals surface area contributed by atoms with Crippen molar-refractivity contribution in [2.24, 2.45) is 0 Å². The van der Waals surface area contributed by atoms with Crippen LogP contribution in [0.4, 0.5) is 8.78 Å². The number of aromatic nitrogens is 2. The van der Waals surface area contributed by atoms with Gasteiger partial charge in [-0.25, -0.2) is 26.6 Å². The van der Waals surface area contributed by atoms with Gasteiger partial charge in [0, 0.05) is 5.39 Å². The fourth-order valence-corrected chi connectivity index (χ4v) is 5.74. The molecule has 1 heterocycles. The van der Waals surface area contributed by atoms with Gasteiger partial charge >= 0.3 is 0 Å². The third kappa shape index (κ3) is 5.03. The molecule has 0 aliphatic heterocycles. The molecule has 0 bridgehead atoms. The lowest BCUT2D eigenvalue weighted by Crippen LogP contribution is -2.40. The first-order valence-electron chi connectivity index (χ1n) is 11.1. The molecule has 0 spiro atoms. The van der Waals surface area contributed by atoms with E-state index in [4.69, 9.17) is 16.3 Å². The topological polar surface area (TPSA) is 73.2 Å². The minimum absolute atomic E-state index is 0.283. The lowest BCUT2D eigenvalue weighted by Gasteiger charge is -2.27. The number of nitrogens with zero attached hydrogens (tertiary/aromatic N) is 2. The normalized spacial score (nSPS) is 15.8. The SMILES string of the molecule is CC(NS(=O)(=O)C1CC1)C(Oc1cc2cnn(-c3ccc(F)cc3)c2cc1Cl)c1ccc(F)cc1. The Balaban J connectivity index is 1.49. The molecule has 1 N–H and O–H groups in total. The Morgan fingerprint density at radius 2 is 1.69 bits per heavy atom. The van der Waals surface area contributed by atoms with E-state index in [0.717, 1.165) is 5.39 Å². The molecule has 0 radical (unpaired) electrons. The van der Waals surface area contributed by atoms with E-state index in [-0.39, 0.29) is 10.8 Å². The third-order valence-corrected chi connectivity index (χ3v) is 8.26. The third-order valence-electron chi connectivity index (χ3n) is 5.91. The second kappa shape index (κ2) is 9.22. The summed E-state index contributed by atoms with van der Waals surface area (Å²) in [5, 5.41) is 4.99. The molecule has 2 unspecified atom stereocenters. The highest BCUT2D eigenvalue weighted by Gasteiger charge is 2.38. The Morgan fingerprint density at radius 3 is 2.31 bits per heavy atom. The molecule has 4 aromatic rings. The molecule has 1 fully saturated rings. The van der Waals surface area contributed by atoms with Crippen LogP contribution < -0.4 is 9.46 Å². The molecule has 10 heteroatoms. The van der Waals surface area contributed by atoms with Gasteiger partial charge in [0.2, 0.25) is 10.0 Å². The highest BCUT2D eigenvalue weighted by Crippen LogP contribution is 2.36. The number of sulfonamides is 1. The largest absolute Gasteiger partial charge is 0.482 e. The van der Waals surface area contributed by atoms with E-state index in [1.54, 1.807) is 54.2 Å². The fraction of sp³-hybridized carbons (Fsp3) is 0.240. The molecule has 182 valence electrons. The van der Waals surface area contributed by atoms with Crippen LogP contribution in [0.1, 0.15) is 31.4 Å². The molecule has 3 aromatic carbocycles. The Hall–Kier alpha value is -3.01. The predicted octanol–water partition coefficient (Wildman–Crippen LogP) is 5.55. The van der Waals surface area contributed by atoms with Gasteiger partial charge in [-0.3, -0.25) is 0 Å². The lowest BCUT2D eigenvalue weighted by atomic mass is 10.0. The highest BCUT2D eigenvalue weighted by atomic mass is 35.5. The summed E-state index contributed by atoms with van der Waals surface area (Å²) in [6.45, 7) is 1.70. The second-order valence-electron chi connectivity index (χ2n) is 8.62. The van der Waals surface area contributed by atoms with Gasteiger partial charge in [0.25, 0.3) is 0 Å². The number of halogens is 3. The summed E-state index contributed by atoms with van der Waals surface area (Å²) in [6, 6.07) is 14.4. The summed E-state index contributed by atoms with van der Waals surface area (Å²) < 4.78 is 62.6. The first-order chi connectivity index (χ1) is 16.7. The number of fused-ring (bicyclic) bond motifs is 1. The lowest BCUT2D eigenvalue weighted by molar-refractivity contribution is 0.173. The first kappa shape index (κ1) is 23.7. The number of hydrogen-bond acceptors (Lipinski definition) is 4. The first-order valence-corrected chi connectivity index (χ1v) is 13.0. The van der Waals surface area contributed by atoms with E-state index in [1.807, 2.05) is 0 Å². The van der Waals surface area contributed by atoms with E-state index in [0.29, 0.717) is 35.4 Å². The van der Waals surface area contributed by atoms with Crippen LogP contribution in [0.2, 0.25) is 5.02 Å². The number of nitrogens with one attached hydrogen (secondary N) is 1. The van der Waals surface area contributed by atoms with Crippen LogP contribution in [0.25, 0.3) is 16.6 Å². The van der Waals surface area contributed by atoms with Crippen molar-refractivity contribution in [3.63, 3.8) is 0 Å². The van der Waals surface area contributed by atoms with E-state index in [2.05, 4.69) is 9.82 Å². The molecular weight excluding hydrogens is 496 g/mol. The van der Waals surface area contributed by atoms with Crippen LogP contribution in [0.3, 0.4) is 0 Å². The molecule has 1 aliphatic rings. The summed E-state index contributed by atoms with van der Waals surface area (Å²) >= 11 is 6.58. The van der Waals surface area contributed by atoms with E-state index >= 15 is 0 Å². The molecular formula is C25H22ClF2N3O3S. The minimum atomic E-state index is -3.49. The molecule has 1 saturated carbocycles. The van der Waals surface area contributed by atoms with Crippen molar-refractivity contribution in [2.45, 2.75) is 37.2 Å². The zero-order valence-electron chi connectivity index (χ0n) is 18.7. The average molecular weight is 518 g/mol. The van der Waals surface area contributed by atoms with Gasteiger partial charge in [0.05, 0.1) is 33.7 Å². The molecule has 1 aliphatic carbocycles. The molecule has 2 atom stereocenters. The number of rotatable bonds is 8. The summed E-state index contributed by atoms with van der Waals surface area (Å²) in [7, 11) is -3.49. The average Bonchev–Trinajstić information content (AvgIpc) is 3.61. The van der Waals surface area contributed by atoms with Crippen molar-refractivity contribution < 1.29 is 21.9 Å². The van der Waals surface area contributed by atoms with Gasteiger partial charge in [-0.2, -0.15) is 5.10 Å². The van der Waals surface area contributed by atoms with Crippen molar-refractivity contribution in [2.75, 3.05) is 0 Å². The van der Waals surface area contributed by atoms with Crippen molar-refractivity contribution >= 4 is 32.5 Å². The Bertz CT molecular complexity index is 1470. The summed E-state index contributed by atoms with van der Waals surface area (Å²) in [5.41, 5.74) is 1.95. The van der Waals surface area contributed by atoms with Crippen LogP contribution in [0.15, 0.2) is 66.9 Å². The Labute approximate surface area is 206 Å². The highest BCUT2D eigenvalue weighted by molar-refractivity contribution is 7.90. The van der Waals surface area contributed by atoms with Gasteiger partial charge in [0.1, 0.15) is 23.5 Å². The molecule has 6 nitrogen and oxygen atoms in total. The maximum atomic E-state index is 13.6. The summed E-state index contributed by atoms with van der Waals surface area (Å²) in [4.78, 5) is 0. The molecule has 35 heavy (non-hydrogen) atoms. The van der Waals surface area contributed by atoms with Gasteiger partial charge < -0.3 is 4.74 Å². The van der Waals surface area contributed by atoms with Crippen molar-refractivity contribution in [3.8, 4) is 11.4 Å². The van der Waals surface area contributed by atoms with Crippen LogP contribution in [0.5, 0.6) is 5.75 Å². The second-order valence-corrected chi connectivity index (χ2v) is 11.0. The van der Waals surface area contributed by atoms with Gasteiger partial charge in [-0.1, -0.05) is 23.7 Å². The molecule has 1 aromatic heterocycles. The number of benzene rings is 3. The number of hydrogen-bond donors (Lipinski definition) is 1. The van der Waals surface area contributed by atoms with E-state index in [1.165, 1.54) is 24.3 Å². The van der Waals surface area contributed by atoms with Crippen LogP contribution in [-0.4, -0.2) is 29.5 Å². The zero-order valence-corrected chi connectivity index (χ0v) is 20.2. The van der Waals surface area contributed by atoms with Crippen LogP contribution in [0, 0.1) is 11.6 Å². The van der Waals surface area contributed by atoms with Crippen molar-refractivity contribution in [3.05, 3.63) is 89.1 Å². The predicted molar refractivity (Wildman–Crippen MR) is 130 cm³/mol. The summed E-state index contributed by atoms with van der Waals surface area (Å²) in [5.74, 6) is -0.437. The Morgan fingerprint density at radius 1 is 1.06 bits per heavy atom. The smallest absolute Gasteiger partial charge is 0.214 e. The maximum Gasteiger partial charge on any atom is 0.214 e. The monoisotopic (exact) mass is 517 g/mol. The molecule has 5 rings (SSSR count). The fourth-order valence-electron chi connectivity index (χ4n) is 3.95. The molecule has 0 saturated heterocycles. The van der Waals surface area contributed by atoms with Gasteiger partial charge in [0.15, 0.2) is 0 Å². The molecule has 0 amide bonds. The minimum Gasteiger partial charge on any atom is -0.482 e.